The van der Waals surface area contributed by atoms with Gasteiger partial charge < -0.3 is 9.15 Å². The van der Waals surface area contributed by atoms with Gasteiger partial charge in [0.25, 0.3) is 5.91 Å². The fourth-order valence-corrected chi connectivity index (χ4v) is 4.78. The molecule has 1 aliphatic rings. The van der Waals surface area contributed by atoms with Gasteiger partial charge in [0.1, 0.15) is 11.5 Å². The zero-order valence-electron chi connectivity index (χ0n) is 18.8. The number of amides is 1. The van der Waals surface area contributed by atoms with Crippen molar-refractivity contribution in [1.82, 2.24) is 4.72 Å². The van der Waals surface area contributed by atoms with E-state index in [1.807, 2.05) is 0 Å². The van der Waals surface area contributed by atoms with E-state index < -0.39 is 21.9 Å². The third kappa shape index (κ3) is 5.07. The molecule has 1 amide bonds. The van der Waals surface area contributed by atoms with Gasteiger partial charge in [0.15, 0.2) is 0 Å². The van der Waals surface area contributed by atoms with Gasteiger partial charge in [-0.3, -0.25) is 9.69 Å². The summed E-state index contributed by atoms with van der Waals surface area (Å²) >= 11 is 5.96. The van der Waals surface area contributed by atoms with Crippen LogP contribution in [0.2, 0.25) is 5.02 Å². The minimum atomic E-state index is -3.72. The lowest BCUT2D eigenvalue weighted by molar-refractivity contribution is -0.136. The third-order valence-electron chi connectivity index (χ3n) is 5.33. The van der Waals surface area contributed by atoms with Crippen LogP contribution in [-0.2, 0) is 30.9 Å². The Bertz CT molecular complexity index is 1440. The number of carbonyl (C=O) groups is 2. The number of esters is 1. The van der Waals surface area contributed by atoms with Crippen molar-refractivity contribution in [3.05, 3.63) is 100 Å². The Balaban J connectivity index is 1.60. The summed E-state index contributed by atoms with van der Waals surface area (Å²) < 4.78 is 38.0. The second-order valence-electron chi connectivity index (χ2n) is 7.57. The van der Waals surface area contributed by atoms with E-state index in [0.29, 0.717) is 22.2 Å². The molecule has 0 saturated heterocycles. The van der Waals surface area contributed by atoms with Crippen molar-refractivity contribution >= 4 is 45.3 Å². The summed E-state index contributed by atoms with van der Waals surface area (Å²) in [6.07, 6.45) is 1.43. The van der Waals surface area contributed by atoms with Crippen LogP contribution in [0.5, 0.6) is 0 Å². The van der Waals surface area contributed by atoms with E-state index in [1.54, 1.807) is 61.5 Å². The van der Waals surface area contributed by atoms with Crippen molar-refractivity contribution in [2.75, 3.05) is 12.0 Å². The summed E-state index contributed by atoms with van der Waals surface area (Å²) in [5.74, 6) is -0.500. The standard InChI is InChI=1S/C25H21ClN2O6S/c1-16-23(25(30)33-2)22(24(29)28(16)18-10-8-17(26)9-11-18)14-19-12-13-20(34-19)15-27-35(31,32)21-6-4-3-5-7-21/h3-14,27H,15H2,1-2H3. The summed E-state index contributed by atoms with van der Waals surface area (Å²) in [5, 5.41) is 0.511. The molecule has 0 saturated carbocycles. The number of hydrogen-bond donors (Lipinski definition) is 1. The highest BCUT2D eigenvalue weighted by Gasteiger charge is 2.38. The van der Waals surface area contributed by atoms with Gasteiger partial charge in [-0.25, -0.2) is 17.9 Å². The van der Waals surface area contributed by atoms with E-state index in [9.17, 15) is 18.0 Å². The molecule has 1 aromatic heterocycles. The largest absolute Gasteiger partial charge is 0.465 e. The van der Waals surface area contributed by atoms with E-state index in [2.05, 4.69) is 4.72 Å². The second kappa shape index (κ2) is 9.91. The van der Waals surface area contributed by atoms with Crippen LogP contribution in [0.3, 0.4) is 0 Å². The van der Waals surface area contributed by atoms with Gasteiger partial charge in [0, 0.05) is 16.4 Å². The Morgan fingerprint density at radius 3 is 2.43 bits per heavy atom. The lowest BCUT2D eigenvalue weighted by Gasteiger charge is -2.17. The molecule has 0 spiro atoms. The molecule has 2 heterocycles. The number of carbonyl (C=O) groups excluding carboxylic acids is 2. The molecule has 35 heavy (non-hydrogen) atoms. The van der Waals surface area contributed by atoms with Crippen LogP contribution in [-0.4, -0.2) is 27.4 Å². The number of nitrogens with one attached hydrogen (secondary N) is 1. The van der Waals surface area contributed by atoms with Crippen LogP contribution < -0.4 is 9.62 Å². The molecule has 3 aromatic rings. The number of rotatable bonds is 7. The van der Waals surface area contributed by atoms with Crippen LogP contribution >= 0.6 is 11.6 Å². The number of hydrogen-bond acceptors (Lipinski definition) is 6. The van der Waals surface area contributed by atoms with Gasteiger partial charge in [-0.05, 0) is 61.5 Å². The average Bonchev–Trinajstić information content (AvgIpc) is 3.40. The fraction of sp³-hybridized carbons (Fsp3) is 0.120. The van der Waals surface area contributed by atoms with Gasteiger partial charge in [-0.2, -0.15) is 0 Å². The summed E-state index contributed by atoms with van der Waals surface area (Å²) in [5.41, 5.74) is 1.14. The Labute approximate surface area is 207 Å². The Morgan fingerprint density at radius 2 is 1.77 bits per heavy atom. The van der Waals surface area contributed by atoms with Crippen molar-refractivity contribution in [1.29, 1.82) is 0 Å². The van der Waals surface area contributed by atoms with E-state index in [1.165, 1.54) is 30.2 Å². The van der Waals surface area contributed by atoms with Crippen LogP contribution in [0.15, 0.2) is 92.9 Å². The SMILES string of the molecule is COC(=O)C1=C(C)N(c2ccc(Cl)cc2)C(=O)C1=Cc1ccc(CNS(=O)(=O)c2ccccc2)o1. The molecule has 4 rings (SSSR count). The number of halogens is 1. The van der Waals surface area contributed by atoms with Crippen molar-refractivity contribution in [2.45, 2.75) is 18.4 Å². The Hall–Kier alpha value is -3.66. The van der Waals surface area contributed by atoms with Crippen LogP contribution in [0.1, 0.15) is 18.4 Å². The highest BCUT2D eigenvalue weighted by molar-refractivity contribution is 7.89. The Morgan fingerprint density at radius 1 is 1.09 bits per heavy atom. The molecule has 8 nitrogen and oxygen atoms in total. The minimum absolute atomic E-state index is 0.0927. The molecule has 0 unspecified atom stereocenters. The van der Waals surface area contributed by atoms with Gasteiger partial charge in [0.2, 0.25) is 10.0 Å². The Kier molecular flexibility index (Phi) is 6.93. The topological polar surface area (TPSA) is 106 Å². The average molecular weight is 513 g/mol. The van der Waals surface area contributed by atoms with Crippen molar-refractivity contribution < 1.29 is 27.2 Å². The predicted molar refractivity (Wildman–Crippen MR) is 131 cm³/mol. The minimum Gasteiger partial charge on any atom is -0.465 e. The van der Waals surface area contributed by atoms with Crippen molar-refractivity contribution in [3.8, 4) is 0 Å². The second-order valence-corrected chi connectivity index (χ2v) is 9.77. The maximum absolute atomic E-state index is 13.3. The number of benzene rings is 2. The molecule has 0 aliphatic carbocycles. The number of allylic oxidation sites excluding steroid dienone is 1. The number of sulfonamides is 1. The summed E-state index contributed by atoms with van der Waals surface area (Å²) in [6.45, 7) is 1.55. The molecule has 0 atom stereocenters. The first-order valence-corrected chi connectivity index (χ1v) is 12.3. The van der Waals surface area contributed by atoms with Gasteiger partial charge >= 0.3 is 5.97 Å². The molecule has 10 heteroatoms. The lowest BCUT2D eigenvalue weighted by Crippen LogP contribution is -2.24. The monoisotopic (exact) mass is 512 g/mol. The number of anilines is 1. The van der Waals surface area contributed by atoms with E-state index >= 15 is 0 Å². The number of ether oxygens (including phenoxy) is 1. The zero-order valence-corrected chi connectivity index (χ0v) is 20.4. The zero-order chi connectivity index (χ0) is 25.2. The highest BCUT2D eigenvalue weighted by atomic mass is 35.5. The summed E-state index contributed by atoms with van der Waals surface area (Å²) in [7, 11) is -2.48. The molecule has 0 fully saturated rings. The maximum Gasteiger partial charge on any atom is 0.340 e. The van der Waals surface area contributed by atoms with E-state index in [4.69, 9.17) is 20.8 Å². The molecule has 0 radical (unpaired) electrons. The number of methoxy groups -OCH3 is 1. The molecular weight excluding hydrogens is 492 g/mol. The van der Waals surface area contributed by atoms with Crippen LogP contribution in [0.25, 0.3) is 6.08 Å². The lowest BCUT2D eigenvalue weighted by atomic mass is 10.1. The van der Waals surface area contributed by atoms with Crippen molar-refractivity contribution in [3.63, 3.8) is 0 Å². The van der Waals surface area contributed by atoms with Crippen molar-refractivity contribution in [2.24, 2.45) is 0 Å². The highest BCUT2D eigenvalue weighted by Crippen LogP contribution is 2.36. The number of nitrogens with zero attached hydrogens (tertiary/aromatic N) is 1. The molecule has 1 N–H and O–H groups in total. The normalized spacial score (nSPS) is 15.2. The van der Waals surface area contributed by atoms with Crippen LogP contribution in [0.4, 0.5) is 5.69 Å². The summed E-state index contributed by atoms with van der Waals surface area (Å²) in [6, 6.07) is 17.8. The first kappa shape index (κ1) is 24.5. The van der Waals surface area contributed by atoms with Crippen LogP contribution in [0, 0.1) is 0 Å². The van der Waals surface area contributed by atoms with Gasteiger partial charge in [-0.1, -0.05) is 29.8 Å². The fourth-order valence-electron chi connectivity index (χ4n) is 3.64. The third-order valence-corrected chi connectivity index (χ3v) is 7.00. The predicted octanol–water partition coefficient (Wildman–Crippen LogP) is 4.29. The molecule has 1 aliphatic heterocycles. The maximum atomic E-state index is 13.3. The first-order chi connectivity index (χ1) is 16.7. The van der Waals surface area contributed by atoms with Gasteiger partial charge in [-0.15, -0.1) is 0 Å². The molecule has 180 valence electrons. The summed E-state index contributed by atoms with van der Waals surface area (Å²) in [4.78, 5) is 27.4. The molecule has 0 bridgehead atoms. The van der Waals surface area contributed by atoms with E-state index in [-0.39, 0.29) is 28.3 Å². The first-order valence-electron chi connectivity index (χ1n) is 10.5. The van der Waals surface area contributed by atoms with E-state index in [0.717, 1.165) is 0 Å². The van der Waals surface area contributed by atoms with Gasteiger partial charge in [0.05, 0.1) is 29.7 Å². The quantitative estimate of drug-likeness (QED) is 0.374. The number of furan rings is 1. The molecule has 2 aromatic carbocycles. The smallest absolute Gasteiger partial charge is 0.340 e. The molecular formula is C25H21ClN2O6S.